The highest BCUT2D eigenvalue weighted by Crippen LogP contribution is 2.27. The van der Waals surface area contributed by atoms with E-state index in [0.717, 1.165) is 38.1 Å². The van der Waals surface area contributed by atoms with Crippen molar-refractivity contribution in [1.29, 1.82) is 0 Å². The van der Waals surface area contributed by atoms with Gasteiger partial charge in [0.2, 0.25) is 10.0 Å². The number of benzene rings is 2. The smallest absolute Gasteiger partial charge is 0.255 e. The van der Waals surface area contributed by atoms with E-state index in [4.69, 9.17) is 0 Å². The van der Waals surface area contributed by atoms with Crippen molar-refractivity contribution in [3.8, 4) is 11.4 Å². The molecule has 0 bridgehead atoms. The summed E-state index contributed by atoms with van der Waals surface area (Å²) >= 11 is 0. The van der Waals surface area contributed by atoms with E-state index in [9.17, 15) is 17.6 Å². The predicted molar refractivity (Wildman–Crippen MR) is 123 cm³/mol. The number of hydrogen-bond acceptors (Lipinski definition) is 5. The highest BCUT2D eigenvalue weighted by molar-refractivity contribution is 7.89. The number of hydrogen-bond donors (Lipinski definition) is 2. The molecular formula is C23H24FN5O3S. The van der Waals surface area contributed by atoms with Gasteiger partial charge >= 0.3 is 0 Å². The van der Waals surface area contributed by atoms with Crippen LogP contribution in [0.2, 0.25) is 0 Å². The Hall–Kier alpha value is -3.37. The van der Waals surface area contributed by atoms with Crippen LogP contribution in [0.5, 0.6) is 0 Å². The van der Waals surface area contributed by atoms with Crippen LogP contribution >= 0.6 is 0 Å². The summed E-state index contributed by atoms with van der Waals surface area (Å²) < 4.78 is 43.2. The van der Waals surface area contributed by atoms with Gasteiger partial charge in [-0.25, -0.2) is 17.5 Å². The van der Waals surface area contributed by atoms with Crippen molar-refractivity contribution >= 4 is 21.6 Å². The van der Waals surface area contributed by atoms with Gasteiger partial charge in [0, 0.05) is 30.6 Å². The molecule has 0 saturated carbocycles. The van der Waals surface area contributed by atoms with Crippen molar-refractivity contribution in [2.24, 2.45) is 0 Å². The van der Waals surface area contributed by atoms with Crippen LogP contribution < -0.4 is 10.0 Å². The lowest BCUT2D eigenvalue weighted by molar-refractivity contribution is 0.102. The van der Waals surface area contributed by atoms with E-state index in [1.807, 2.05) is 4.57 Å². The fourth-order valence-corrected chi connectivity index (χ4v) is 4.69. The first kappa shape index (κ1) is 22.8. The minimum Gasteiger partial charge on any atom is -0.319 e. The molecule has 0 aliphatic carbocycles. The number of aryl methyl sites for hydroxylation is 1. The number of rotatable bonds is 7. The molecular weight excluding hydrogens is 445 g/mol. The zero-order chi connectivity index (χ0) is 23.4. The summed E-state index contributed by atoms with van der Waals surface area (Å²) in [7, 11) is -3.70. The maximum Gasteiger partial charge on any atom is 0.255 e. The standard InChI is InChI=1S/C23H24FN5O3S/c1-2-13-25-33(31,32)18-10-7-16(8-11-18)23(30)26-20-15-17(9-12-19(20)24)22-28-27-21-6-4-3-5-14-29(21)22/h2,7-12,15,25H,1,3-6,13-14H2,(H,26,30). The van der Waals surface area contributed by atoms with Gasteiger partial charge in [0.1, 0.15) is 11.6 Å². The molecule has 172 valence electrons. The quantitative estimate of drug-likeness (QED) is 0.515. The van der Waals surface area contributed by atoms with Crippen molar-refractivity contribution in [2.45, 2.75) is 37.1 Å². The molecule has 2 aromatic carbocycles. The molecule has 0 radical (unpaired) electrons. The molecule has 1 aromatic heterocycles. The third-order valence-corrected chi connectivity index (χ3v) is 6.87. The lowest BCUT2D eigenvalue weighted by Crippen LogP contribution is -2.23. The molecule has 0 fully saturated rings. The maximum atomic E-state index is 14.5. The van der Waals surface area contributed by atoms with E-state index in [1.54, 1.807) is 6.07 Å². The van der Waals surface area contributed by atoms with Crippen molar-refractivity contribution in [3.63, 3.8) is 0 Å². The van der Waals surface area contributed by atoms with Crippen molar-refractivity contribution < 1.29 is 17.6 Å². The molecule has 8 nitrogen and oxygen atoms in total. The monoisotopic (exact) mass is 469 g/mol. The Bertz CT molecular complexity index is 1290. The van der Waals surface area contributed by atoms with Gasteiger partial charge in [0.05, 0.1) is 10.6 Å². The number of halogens is 1. The van der Waals surface area contributed by atoms with Crippen molar-refractivity contribution in [1.82, 2.24) is 19.5 Å². The van der Waals surface area contributed by atoms with Gasteiger partial charge < -0.3 is 9.88 Å². The Morgan fingerprint density at radius 2 is 1.91 bits per heavy atom. The molecule has 3 aromatic rings. The highest BCUT2D eigenvalue weighted by atomic mass is 32.2. The Kier molecular flexibility index (Phi) is 6.66. The number of fused-ring (bicyclic) bond motifs is 1. The normalized spacial score (nSPS) is 13.7. The van der Waals surface area contributed by atoms with Gasteiger partial charge in [0.25, 0.3) is 5.91 Å². The van der Waals surface area contributed by atoms with Gasteiger partial charge in [-0.05, 0) is 55.3 Å². The molecule has 4 rings (SSSR count). The van der Waals surface area contributed by atoms with E-state index in [2.05, 4.69) is 26.8 Å². The third-order valence-electron chi connectivity index (χ3n) is 5.43. The number of nitrogens with zero attached hydrogens (tertiary/aromatic N) is 3. The molecule has 2 heterocycles. The van der Waals surface area contributed by atoms with Crippen LogP contribution in [-0.4, -0.2) is 35.6 Å². The van der Waals surface area contributed by atoms with Crippen LogP contribution in [0.3, 0.4) is 0 Å². The number of amides is 1. The molecule has 1 amide bonds. The predicted octanol–water partition coefficient (Wildman–Crippen LogP) is 3.53. The number of anilines is 1. The molecule has 1 aliphatic heterocycles. The summed E-state index contributed by atoms with van der Waals surface area (Å²) in [4.78, 5) is 12.7. The minimum atomic E-state index is -3.70. The first-order valence-corrected chi connectivity index (χ1v) is 12.1. The number of carbonyl (C=O) groups is 1. The van der Waals surface area contributed by atoms with Crippen LogP contribution in [0.1, 0.15) is 35.4 Å². The van der Waals surface area contributed by atoms with Crippen molar-refractivity contribution in [3.05, 3.63) is 72.3 Å². The Morgan fingerprint density at radius 1 is 1.12 bits per heavy atom. The fourth-order valence-electron chi connectivity index (χ4n) is 3.69. The Balaban J connectivity index is 1.54. The van der Waals surface area contributed by atoms with Gasteiger partial charge in [-0.1, -0.05) is 12.5 Å². The van der Waals surface area contributed by atoms with Crippen LogP contribution in [0.4, 0.5) is 10.1 Å². The third kappa shape index (κ3) is 5.01. The van der Waals surface area contributed by atoms with E-state index in [0.29, 0.717) is 11.4 Å². The lowest BCUT2D eigenvalue weighted by Gasteiger charge is -2.11. The fraction of sp³-hybridized carbons (Fsp3) is 0.261. The Labute approximate surface area is 191 Å². The lowest BCUT2D eigenvalue weighted by atomic mass is 10.1. The first-order chi connectivity index (χ1) is 15.9. The van der Waals surface area contributed by atoms with E-state index in [-0.39, 0.29) is 22.7 Å². The SMILES string of the molecule is C=CCNS(=O)(=O)c1ccc(C(=O)Nc2cc(-c3nnc4n3CCCCC4)ccc2F)cc1. The molecule has 0 atom stereocenters. The molecule has 2 N–H and O–H groups in total. The second-order valence-corrected chi connectivity index (χ2v) is 9.48. The summed E-state index contributed by atoms with van der Waals surface area (Å²) in [6.07, 6.45) is 5.49. The first-order valence-electron chi connectivity index (χ1n) is 10.6. The molecule has 33 heavy (non-hydrogen) atoms. The molecule has 10 heteroatoms. The van der Waals surface area contributed by atoms with Gasteiger partial charge in [-0.3, -0.25) is 4.79 Å². The topological polar surface area (TPSA) is 106 Å². The number of nitrogens with one attached hydrogen (secondary N) is 2. The molecule has 0 saturated heterocycles. The number of carbonyl (C=O) groups excluding carboxylic acids is 1. The zero-order valence-corrected chi connectivity index (χ0v) is 18.7. The van der Waals surface area contributed by atoms with Crippen LogP contribution in [-0.2, 0) is 23.0 Å². The van der Waals surface area contributed by atoms with Crippen molar-refractivity contribution in [2.75, 3.05) is 11.9 Å². The zero-order valence-electron chi connectivity index (χ0n) is 17.9. The summed E-state index contributed by atoms with van der Waals surface area (Å²) in [5, 5.41) is 11.1. The van der Waals surface area contributed by atoms with Gasteiger partial charge in [0.15, 0.2) is 5.82 Å². The van der Waals surface area contributed by atoms with E-state index < -0.39 is 21.7 Å². The highest BCUT2D eigenvalue weighted by Gasteiger charge is 2.19. The van der Waals surface area contributed by atoms with Gasteiger partial charge in [-0.2, -0.15) is 0 Å². The summed E-state index contributed by atoms with van der Waals surface area (Å²) in [6, 6.07) is 9.81. The molecule has 0 spiro atoms. The van der Waals surface area contributed by atoms with Gasteiger partial charge in [-0.15, -0.1) is 16.8 Å². The average molecular weight is 470 g/mol. The maximum absolute atomic E-state index is 14.5. The van der Waals surface area contributed by atoms with E-state index >= 15 is 0 Å². The number of sulfonamides is 1. The minimum absolute atomic E-state index is 0.00724. The largest absolute Gasteiger partial charge is 0.319 e. The second-order valence-electron chi connectivity index (χ2n) is 7.72. The summed E-state index contributed by atoms with van der Waals surface area (Å²) in [6.45, 7) is 4.36. The summed E-state index contributed by atoms with van der Waals surface area (Å²) in [5.41, 5.74) is 0.855. The average Bonchev–Trinajstić information content (AvgIpc) is 3.07. The molecule has 0 unspecified atom stereocenters. The van der Waals surface area contributed by atoms with Crippen LogP contribution in [0.15, 0.2) is 60.0 Å². The number of aromatic nitrogens is 3. The van der Waals surface area contributed by atoms with Crippen LogP contribution in [0.25, 0.3) is 11.4 Å². The summed E-state index contributed by atoms with van der Waals surface area (Å²) in [5.74, 6) is 0.406. The Morgan fingerprint density at radius 3 is 2.67 bits per heavy atom. The second kappa shape index (κ2) is 9.63. The molecule has 1 aliphatic rings. The van der Waals surface area contributed by atoms with E-state index in [1.165, 1.54) is 42.5 Å². The van der Waals surface area contributed by atoms with Crippen LogP contribution in [0, 0.1) is 5.82 Å².